The van der Waals surface area contributed by atoms with Crippen LogP contribution in [0.4, 0.5) is 0 Å². The molecule has 19 heavy (non-hydrogen) atoms. The predicted octanol–water partition coefficient (Wildman–Crippen LogP) is 2.68. The summed E-state index contributed by atoms with van der Waals surface area (Å²) in [4.78, 5) is 11.2. The highest BCUT2D eigenvalue weighted by molar-refractivity contribution is 6.30. The molecule has 0 radical (unpaired) electrons. The average Bonchev–Trinajstić information content (AvgIpc) is 2.73. The Morgan fingerprint density at radius 3 is 2.84 bits per heavy atom. The van der Waals surface area contributed by atoms with Crippen molar-refractivity contribution < 1.29 is 14.6 Å². The molecule has 1 aromatic heterocycles. The lowest BCUT2D eigenvalue weighted by Crippen LogP contribution is -2.08. The first-order chi connectivity index (χ1) is 9.04. The van der Waals surface area contributed by atoms with Gasteiger partial charge in [-0.1, -0.05) is 11.6 Å². The highest BCUT2D eigenvalue weighted by Gasteiger charge is 2.18. The molecule has 2 rings (SSSR count). The Morgan fingerprint density at radius 2 is 2.26 bits per heavy atom. The van der Waals surface area contributed by atoms with Crippen LogP contribution in [0.2, 0.25) is 5.02 Å². The molecular formula is C13H13ClN2O3. The fourth-order valence-corrected chi connectivity index (χ4v) is 2.12. The molecule has 100 valence electrons. The number of nitrogens with zero attached hydrogens (tertiary/aromatic N) is 2. The summed E-state index contributed by atoms with van der Waals surface area (Å²) in [7, 11) is 1.51. The van der Waals surface area contributed by atoms with Gasteiger partial charge in [0.05, 0.1) is 24.2 Å². The third-order valence-corrected chi connectivity index (χ3v) is 3.00. The van der Waals surface area contributed by atoms with Crippen molar-refractivity contribution in [1.82, 2.24) is 9.78 Å². The number of aromatic carboxylic acids is 1. The highest BCUT2D eigenvalue weighted by Crippen LogP contribution is 2.22. The number of carboxylic acid groups (broad SMARTS) is 1. The van der Waals surface area contributed by atoms with Crippen LogP contribution in [-0.4, -0.2) is 28.0 Å². The van der Waals surface area contributed by atoms with Gasteiger partial charge in [0.25, 0.3) is 0 Å². The number of methoxy groups -OCH3 is 1. The number of hydrogen-bond acceptors (Lipinski definition) is 3. The third-order valence-electron chi connectivity index (χ3n) is 2.77. The number of aryl methyl sites for hydroxylation is 1. The molecule has 0 aliphatic rings. The fraction of sp³-hybridized carbons (Fsp3) is 0.231. The van der Waals surface area contributed by atoms with E-state index < -0.39 is 5.97 Å². The van der Waals surface area contributed by atoms with Crippen LogP contribution < -0.4 is 0 Å². The summed E-state index contributed by atoms with van der Waals surface area (Å²) in [6.45, 7) is 2.06. The standard InChI is InChI=1S/C13H13ClN2O3/c1-8-5-9(14)3-4-11(8)16-12(7-19-2)10(6-15-16)13(17)18/h3-6H,7H2,1-2H3,(H,17,18). The predicted molar refractivity (Wildman–Crippen MR) is 71.0 cm³/mol. The minimum atomic E-state index is -1.02. The van der Waals surface area contributed by atoms with Gasteiger partial charge in [-0.15, -0.1) is 0 Å². The summed E-state index contributed by atoms with van der Waals surface area (Å²) in [6, 6.07) is 5.34. The van der Waals surface area contributed by atoms with E-state index in [1.54, 1.807) is 22.9 Å². The summed E-state index contributed by atoms with van der Waals surface area (Å²) < 4.78 is 6.62. The summed E-state index contributed by atoms with van der Waals surface area (Å²) in [5.74, 6) is -1.02. The molecule has 1 heterocycles. The Bertz CT molecular complexity index is 622. The van der Waals surface area contributed by atoms with Gasteiger partial charge in [-0.05, 0) is 30.7 Å². The molecule has 0 saturated heterocycles. The number of rotatable bonds is 4. The van der Waals surface area contributed by atoms with Crippen molar-refractivity contribution in [3.8, 4) is 5.69 Å². The SMILES string of the molecule is COCc1c(C(=O)O)cnn1-c1ccc(Cl)cc1C. The molecule has 1 aromatic carbocycles. The molecule has 6 heteroatoms. The number of halogens is 1. The quantitative estimate of drug-likeness (QED) is 0.935. The van der Waals surface area contributed by atoms with Gasteiger partial charge < -0.3 is 9.84 Å². The zero-order valence-corrected chi connectivity index (χ0v) is 11.3. The summed E-state index contributed by atoms with van der Waals surface area (Å²) in [5.41, 5.74) is 2.32. The van der Waals surface area contributed by atoms with Gasteiger partial charge in [0.1, 0.15) is 5.56 Å². The monoisotopic (exact) mass is 280 g/mol. The molecule has 0 aliphatic carbocycles. The molecule has 5 nitrogen and oxygen atoms in total. The molecule has 0 fully saturated rings. The molecule has 0 aliphatic heterocycles. The Balaban J connectivity index is 2.58. The Hall–Kier alpha value is -1.85. The first-order valence-electron chi connectivity index (χ1n) is 5.60. The van der Waals surface area contributed by atoms with Crippen LogP contribution in [0.3, 0.4) is 0 Å². The van der Waals surface area contributed by atoms with Gasteiger partial charge in [0.15, 0.2) is 0 Å². The Morgan fingerprint density at radius 1 is 1.53 bits per heavy atom. The fourth-order valence-electron chi connectivity index (χ4n) is 1.89. The topological polar surface area (TPSA) is 64.3 Å². The number of ether oxygens (including phenoxy) is 1. The molecule has 1 N–H and O–H groups in total. The minimum absolute atomic E-state index is 0.135. The van der Waals surface area contributed by atoms with Crippen molar-refractivity contribution in [3.05, 3.63) is 46.2 Å². The van der Waals surface area contributed by atoms with Crippen LogP contribution in [0.1, 0.15) is 21.6 Å². The number of benzene rings is 1. The van der Waals surface area contributed by atoms with E-state index in [1.807, 2.05) is 6.92 Å². The van der Waals surface area contributed by atoms with Crippen LogP contribution in [-0.2, 0) is 11.3 Å². The number of aromatic nitrogens is 2. The van der Waals surface area contributed by atoms with Crippen LogP contribution in [0.25, 0.3) is 5.69 Å². The van der Waals surface area contributed by atoms with Gasteiger partial charge in [0.2, 0.25) is 0 Å². The average molecular weight is 281 g/mol. The van der Waals surface area contributed by atoms with Gasteiger partial charge >= 0.3 is 5.97 Å². The molecule has 0 amide bonds. The normalized spacial score (nSPS) is 10.7. The summed E-state index contributed by atoms with van der Waals surface area (Å²) in [5, 5.41) is 13.9. The Kier molecular flexibility index (Phi) is 3.87. The molecule has 0 saturated carbocycles. The van der Waals surface area contributed by atoms with E-state index in [0.29, 0.717) is 10.7 Å². The summed E-state index contributed by atoms with van der Waals surface area (Å²) in [6.07, 6.45) is 1.32. The lowest BCUT2D eigenvalue weighted by atomic mass is 10.2. The van der Waals surface area contributed by atoms with Crippen molar-refractivity contribution >= 4 is 17.6 Å². The smallest absolute Gasteiger partial charge is 0.339 e. The molecule has 0 spiro atoms. The van der Waals surface area contributed by atoms with Crippen LogP contribution in [0, 0.1) is 6.92 Å². The van der Waals surface area contributed by atoms with Crippen LogP contribution in [0.5, 0.6) is 0 Å². The molecular weight excluding hydrogens is 268 g/mol. The van der Waals surface area contributed by atoms with Crippen molar-refractivity contribution in [1.29, 1.82) is 0 Å². The van der Waals surface area contributed by atoms with E-state index in [-0.39, 0.29) is 12.2 Å². The van der Waals surface area contributed by atoms with E-state index in [0.717, 1.165) is 11.3 Å². The van der Waals surface area contributed by atoms with Gasteiger partial charge in [0, 0.05) is 12.1 Å². The largest absolute Gasteiger partial charge is 0.478 e. The zero-order valence-electron chi connectivity index (χ0n) is 10.6. The van der Waals surface area contributed by atoms with Gasteiger partial charge in [-0.3, -0.25) is 0 Å². The van der Waals surface area contributed by atoms with E-state index in [2.05, 4.69) is 5.10 Å². The van der Waals surface area contributed by atoms with E-state index in [4.69, 9.17) is 21.4 Å². The van der Waals surface area contributed by atoms with E-state index in [9.17, 15) is 4.79 Å². The lowest BCUT2D eigenvalue weighted by Gasteiger charge is -2.10. The number of carboxylic acids is 1. The van der Waals surface area contributed by atoms with Crippen LogP contribution in [0.15, 0.2) is 24.4 Å². The second-order valence-electron chi connectivity index (χ2n) is 4.09. The molecule has 0 unspecified atom stereocenters. The number of carbonyl (C=O) groups is 1. The van der Waals surface area contributed by atoms with Gasteiger partial charge in [-0.25, -0.2) is 9.48 Å². The maximum absolute atomic E-state index is 11.2. The summed E-state index contributed by atoms with van der Waals surface area (Å²) >= 11 is 5.91. The molecule has 0 atom stereocenters. The van der Waals surface area contributed by atoms with Crippen LogP contribution >= 0.6 is 11.6 Å². The number of hydrogen-bond donors (Lipinski definition) is 1. The lowest BCUT2D eigenvalue weighted by molar-refractivity contribution is 0.0691. The molecule has 2 aromatic rings. The molecule has 0 bridgehead atoms. The van der Waals surface area contributed by atoms with E-state index in [1.165, 1.54) is 13.3 Å². The maximum Gasteiger partial charge on any atom is 0.339 e. The second-order valence-corrected chi connectivity index (χ2v) is 4.52. The minimum Gasteiger partial charge on any atom is -0.478 e. The van der Waals surface area contributed by atoms with Crippen molar-refractivity contribution in [2.24, 2.45) is 0 Å². The second kappa shape index (κ2) is 5.42. The van der Waals surface area contributed by atoms with E-state index >= 15 is 0 Å². The van der Waals surface area contributed by atoms with Crippen molar-refractivity contribution in [2.75, 3.05) is 7.11 Å². The van der Waals surface area contributed by atoms with Gasteiger partial charge in [-0.2, -0.15) is 5.10 Å². The zero-order chi connectivity index (χ0) is 14.0. The highest BCUT2D eigenvalue weighted by atomic mass is 35.5. The first-order valence-corrected chi connectivity index (χ1v) is 5.98. The van der Waals surface area contributed by atoms with Crippen molar-refractivity contribution in [2.45, 2.75) is 13.5 Å². The maximum atomic E-state index is 11.2. The van der Waals surface area contributed by atoms with Crippen molar-refractivity contribution in [3.63, 3.8) is 0 Å². The Labute approximate surface area is 115 Å². The third kappa shape index (κ3) is 2.62. The first kappa shape index (κ1) is 13.6.